The summed E-state index contributed by atoms with van der Waals surface area (Å²) in [6.45, 7) is 4.49. The van der Waals surface area contributed by atoms with Crippen molar-refractivity contribution in [2.75, 3.05) is 5.75 Å². The van der Waals surface area contributed by atoms with Crippen molar-refractivity contribution in [3.05, 3.63) is 36.9 Å². The van der Waals surface area contributed by atoms with Crippen molar-refractivity contribution in [3.8, 4) is 12.3 Å². The van der Waals surface area contributed by atoms with E-state index in [0.29, 0.717) is 17.5 Å². The highest BCUT2D eigenvalue weighted by Gasteiger charge is 2.13. The van der Waals surface area contributed by atoms with Crippen molar-refractivity contribution >= 4 is 33.8 Å². The molecule has 0 saturated heterocycles. The molecule has 3 rings (SSSR count). The van der Waals surface area contributed by atoms with Crippen molar-refractivity contribution in [3.63, 3.8) is 0 Å². The molecular formula is C15H12N4S. The van der Waals surface area contributed by atoms with Gasteiger partial charge in [-0.3, -0.25) is 0 Å². The van der Waals surface area contributed by atoms with Crippen LogP contribution in [0.5, 0.6) is 0 Å². The zero-order chi connectivity index (χ0) is 13.9. The predicted molar refractivity (Wildman–Crippen MR) is 82.6 cm³/mol. The summed E-state index contributed by atoms with van der Waals surface area (Å²) in [4.78, 5) is 4.58. The van der Waals surface area contributed by atoms with Gasteiger partial charge in [-0.15, -0.1) is 23.2 Å². The van der Waals surface area contributed by atoms with Gasteiger partial charge in [-0.2, -0.15) is 0 Å². The fraction of sp³-hybridized carbons (Fsp3) is 0.133. The third-order valence-electron chi connectivity index (χ3n) is 2.95. The van der Waals surface area contributed by atoms with Crippen LogP contribution in [0.3, 0.4) is 0 Å². The second-order valence-electron chi connectivity index (χ2n) is 4.18. The number of fused-ring (bicyclic) bond motifs is 3. The van der Waals surface area contributed by atoms with Gasteiger partial charge in [0.2, 0.25) is 5.16 Å². The minimum Gasteiger partial charge on any atom is -0.320 e. The molecular weight excluding hydrogens is 268 g/mol. The average molecular weight is 280 g/mol. The summed E-state index contributed by atoms with van der Waals surface area (Å²) in [6.07, 6.45) is 7.11. The number of benzene rings is 1. The maximum atomic E-state index is 5.26. The normalized spacial score (nSPS) is 10.8. The molecule has 0 aliphatic heterocycles. The molecule has 3 aromatic rings. The Hall–Kier alpha value is -2.32. The van der Waals surface area contributed by atoms with Crippen molar-refractivity contribution < 1.29 is 0 Å². The van der Waals surface area contributed by atoms with E-state index in [1.54, 1.807) is 0 Å². The van der Waals surface area contributed by atoms with Crippen LogP contribution in [-0.2, 0) is 6.54 Å². The standard InChI is InChI=1S/C15H12N4S/c1-3-9-19-12-8-6-5-7-11(12)13-14(19)16-15(18-17-13)20-10-4-2/h2-3,5-8H,1,9-10H2. The maximum Gasteiger partial charge on any atom is 0.212 e. The molecule has 2 aromatic heterocycles. The van der Waals surface area contributed by atoms with Crippen LogP contribution in [0.4, 0.5) is 0 Å². The largest absolute Gasteiger partial charge is 0.320 e. The first-order valence-electron chi connectivity index (χ1n) is 6.14. The second-order valence-corrected chi connectivity index (χ2v) is 5.12. The van der Waals surface area contributed by atoms with E-state index in [-0.39, 0.29) is 0 Å². The molecule has 0 aliphatic carbocycles. The Kier molecular flexibility index (Phi) is 3.40. The SMILES string of the molecule is C#CCSc1nnc2c3ccccc3n(CC=C)c2n1. The third kappa shape index (κ3) is 2.04. The summed E-state index contributed by atoms with van der Waals surface area (Å²) in [6, 6.07) is 8.07. The van der Waals surface area contributed by atoms with Gasteiger partial charge in [0.25, 0.3) is 0 Å². The lowest BCUT2D eigenvalue weighted by molar-refractivity contribution is 0.829. The predicted octanol–water partition coefficient (Wildman–Crippen LogP) is 2.89. The number of hydrogen-bond acceptors (Lipinski definition) is 4. The molecule has 5 heteroatoms. The first kappa shape index (κ1) is 12.7. The van der Waals surface area contributed by atoms with Crippen LogP contribution < -0.4 is 0 Å². The van der Waals surface area contributed by atoms with Gasteiger partial charge in [0.15, 0.2) is 5.65 Å². The van der Waals surface area contributed by atoms with E-state index in [2.05, 4.69) is 38.3 Å². The molecule has 0 bridgehead atoms. The number of terminal acetylenes is 1. The number of hydrogen-bond donors (Lipinski definition) is 0. The lowest BCUT2D eigenvalue weighted by Gasteiger charge is -2.02. The van der Waals surface area contributed by atoms with Crippen molar-refractivity contribution in [2.24, 2.45) is 0 Å². The van der Waals surface area contributed by atoms with Crippen molar-refractivity contribution in [1.29, 1.82) is 0 Å². The molecule has 0 amide bonds. The molecule has 1 aromatic carbocycles. The van der Waals surface area contributed by atoms with E-state index in [1.807, 2.05) is 24.3 Å². The van der Waals surface area contributed by atoms with E-state index in [9.17, 15) is 0 Å². The molecule has 0 aliphatic rings. The van der Waals surface area contributed by atoms with Crippen LogP contribution in [0, 0.1) is 12.3 Å². The van der Waals surface area contributed by atoms with Crippen LogP contribution in [0.15, 0.2) is 42.1 Å². The summed E-state index contributed by atoms with van der Waals surface area (Å²) < 4.78 is 2.09. The molecule has 98 valence electrons. The fourth-order valence-electron chi connectivity index (χ4n) is 2.17. The quantitative estimate of drug-likeness (QED) is 0.419. The number of allylic oxidation sites excluding steroid dienone is 1. The van der Waals surface area contributed by atoms with Gasteiger partial charge in [-0.05, 0) is 6.07 Å². The fourth-order valence-corrected chi connectivity index (χ4v) is 2.63. The Morgan fingerprint density at radius 1 is 1.35 bits per heavy atom. The molecule has 0 atom stereocenters. The molecule has 0 N–H and O–H groups in total. The molecule has 0 fully saturated rings. The van der Waals surface area contributed by atoms with Gasteiger partial charge in [0, 0.05) is 11.9 Å². The van der Waals surface area contributed by atoms with Gasteiger partial charge < -0.3 is 4.57 Å². The van der Waals surface area contributed by atoms with E-state index >= 15 is 0 Å². The Morgan fingerprint density at radius 2 is 2.20 bits per heavy atom. The first-order valence-corrected chi connectivity index (χ1v) is 7.12. The number of para-hydroxylation sites is 1. The monoisotopic (exact) mass is 280 g/mol. The van der Waals surface area contributed by atoms with E-state index < -0.39 is 0 Å². The maximum absolute atomic E-state index is 5.26. The van der Waals surface area contributed by atoms with Gasteiger partial charge in [0.05, 0.1) is 11.3 Å². The number of rotatable bonds is 4. The minimum atomic E-state index is 0.537. The Bertz CT molecular complexity index is 829. The summed E-state index contributed by atoms with van der Waals surface area (Å²) in [5, 5.41) is 10.1. The molecule has 0 saturated carbocycles. The Morgan fingerprint density at radius 3 is 3.00 bits per heavy atom. The second kappa shape index (κ2) is 5.35. The number of nitrogens with zero attached hydrogens (tertiary/aromatic N) is 4. The molecule has 0 radical (unpaired) electrons. The van der Waals surface area contributed by atoms with Crippen molar-refractivity contribution in [1.82, 2.24) is 19.7 Å². The van der Waals surface area contributed by atoms with E-state index in [0.717, 1.165) is 22.1 Å². The molecule has 20 heavy (non-hydrogen) atoms. The highest BCUT2D eigenvalue weighted by atomic mass is 32.2. The highest BCUT2D eigenvalue weighted by Crippen LogP contribution is 2.26. The molecule has 0 spiro atoms. The lowest BCUT2D eigenvalue weighted by atomic mass is 10.2. The van der Waals surface area contributed by atoms with Crippen molar-refractivity contribution in [2.45, 2.75) is 11.7 Å². The molecule has 4 nitrogen and oxygen atoms in total. The molecule has 0 unspecified atom stereocenters. The van der Waals surface area contributed by atoms with E-state index in [1.165, 1.54) is 11.8 Å². The van der Waals surface area contributed by atoms with Gasteiger partial charge in [0.1, 0.15) is 5.52 Å². The van der Waals surface area contributed by atoms with Crippen LogP contribution in [0.1, 0.15) is 0 Å². The Labute approximate surface area is 120 Å². The minimum absolute atomic E-state index is 0.537. The van der Waals surface area contributed by atoms with Gasteiger partial charge in [-0.1, -0.05) is 42.0 Å². The van der Waals surface area contributed by atoms with Crippen LogP contribution in [0.25, 0.3) is 22.1 Å². The number of thioether (sulfide) groups is 1. The highest BCUT2D eigenvalue weighted by molar-refractivity contribution is 7.99. The first-order chi connectivity index (χ1) is 9.85. The smallest absolute Gasteiger partial charge is 0.212 e. The third-order valence-corrected chi connectivity index (χ3v) is 3.69. The topological polar surface area (TPSA) is 43.6 Å². The lowest BCUT2D eigenvalue weighted by Crippen LogP contribution is -1.99. The zero-order valence-electron chi connectivity index (χ0n) is 10.8. The van der Waals surface area contributed by atoms with E-state index in [4.69, 9.17) is 6.42 Å². The van der Waals surface area contributed by atoms with Gasteiger partial charge >= 0.3 is 0 Å². The molecule has 2 heterocycles. The summed E-state index contributed by atoms with van der Waals surface area (Å²) in [5.74, 6) is 3.10. The average Bonchev–Trinajstić information content (AvgIpc) is 2.80. The summed E-state index contributed by atoms with van der Waals surface area (Å²) >= 11 is 1.41. The summed E-state index contributed by atoms with van der Waals surface area (Å²) in [7, 11) is 0. The van der Waals surface area contributed by atoms with Gasteiger partial charge in [-0.25, -0.2) is 4.98 Å². The summed E-state index contributed by atoms with van der Waals surface area (Å²) in [5.41, 5.74) is 2.72. The number of aromatic nitrogens is 4. The van der Waals surface area contributed by atoms with Crippen LogP contribution in [0.2, 0.25) is 0 Å². The van der Waals surface area contributed by atoms with Crippen LogP contribution in [-0.4, -0.2) is 25.5 Å². The van der Waals surface area contributed by atoms with Crippen LogP contribution >= 0.6 is 11.8 Å². The Balaban J connectivity index is 2.27. The zero-order valence-corrected chi connectivity index (χ0v) is 11.6.